The van der Waals surface area contributed by atoms with E-state index < -0.39 is 10.8 Å². The summed E-state index contributed by atoms with van der Waals surface area (Å²) in [5.74, 6) is 0.501. The predicted octanol–water partition coefficient (Wildman–Crippen LogP) is 4.12. The Balaban J connectivity index is 1.14. The van der Waals surface area contributed by atoms with Crippen molar-refractivity contribution in [3.63, 3.8) is 0 Å². The number of rotatable bonds is 6. The van der Waals surface area contributed by atoms with E-state index >= 15 is 0 Å². The van der Waals surface area contributed by atoms with Crippen molar-refractivity contribution < 1.29 is 14.4 Å². The van der Waals surface area contributed by atoms with Gasteiger partial charge >= 0.3 is 0 Å². The first-order valence-electron chi connectivity index (χ1n) is 14.4. The smallest absolute Gasteiger partial charge is 0.237 e. The lowest BCUT2D eigenvalue weighted by Gasteiger charge is -2.31. The van der Waals surface area contributed by atoms with E-state index in [0.717, 1.165) is 41.8 Å². The molecule has 8 heteroatoms. The second kappa shape index (κ2) is 10.4. The monoisotopic (exact) mass is 551 g/mol. The van der Waals surface area contributed by atoms with E-state index in [-0.39, 0.29) is 24.1 Å². The Morgan fingerprint density at radius 2 is 1.88 bits per heavy atom. The maximum atomic E-state index is 13.4. The summed E-state index contributed by atoms with van der Waals surface area (Å²) >= 11 is 0. The lowest BCUT2D eigenvalue weighted by atomic mass is 9.79. The molecular weight excluding hydrogens is 514 g/mol. The molecule has 6 rings (SSSR count). The van der Waals surface area contributed by atoms with Gasteiger partial charge in [-0.05, 0) is 71.8 Å². The van der Waals surface area contributed by atoms with E-state index in [9.17, 15) is 14.4 Å². The molecule has 1 aliphatic carbocycles. The number of anilines is 2. The molecule has 0 saturated heterocycles. The summed E-state index contributed by atoms with van der Waals surface area (Å²) in [5.41, 5.74) is 6.33. The van der Waals surface area contributed by atoms with Crippen molar-refractivity contribution >= 4 is 29.2 Å². The van der Waals surface area contributed by atoms with Gasteiger partial charge in [0, 0.05) is 48.9 Å². The van der Waals surface area contributed by atoms with Crippen LogP contribution in [0.2, 0.25) is 0 Å². The lowest BCUT2D eigenvalue weighted by Crippen LogP contribution is -2.41. The van der Waals surface area contributed by atoms with Gasteiger partial charge in [-0.3, -0.25) is 14.4 Å². The third-order valence-electron chi connectivity index (χ3n) is 8.61. The summed E-state index contributed by atoms with van der Waals surface area (Å²) in [6.07, 6.45) is 4.05. The van der Waals surface area contributed by atoms with Crippen molar-refractivity contribution in [2.45, 2.75) is 65.0 Å². The van der Waals surface area contributed by atoms with E-state index in [1.807, 2.05) is 56.0 Å². The quantitative estimate of drug-likeness (QED) is 0.428. The fraction of sp³-hybridized carbons (Fsp3) is 0.394. The third kappa shape index (κ3) is 5.12. The number of amides is 3. The minimum atomic E-state index is -0.644. The van der Waals surface area contributed by atoms with Crippen molar-refractivity contribution in [2.24, 2.45) is 5.41 Å². The topological polar surface area (TPSA) is 103 Å². The molecule has 3 aliphatic rings. The average Bonchev–Trinajstić information content (AvgIpc) is 3.47. The summed E-state index contributed by atoms with van der Waals surface area (Å²) in [7, 11) is 0. The minimum Gasteiger partial charge on any atom is -0.337 e. The number of hydrogen-bond acceptors (Lipinski definition) is 5. The van der Waals surface area contributed by atoms with Gasteiger partial charge in [-0.1, -0.05) is 51.1 Å². The number of benzene rings is 2. The van der Waals surface area contributed by atoms with Gasteiger partial charge < -0.3 is 20.9 Å². The molecule has 1 spiro atoms. The van der Waals surface area contributed by atoms with Gasteiger partial charge in [0.05, 0.1) is 5.41 Å². The van der Waals surface area contributed by atoms with Crippen molar-refractivity contribution in [1.82, 2.24) is 15.2 Å². The molecule has 0 saturated carbocycles. The summed E-state index contributed by atoms with van der Waals surface area (Å²) < 4.78 is 0. The van der Waals surface area contributed by atoms with E-state index in [2.05, 4.69) is 39.1 Å². The highest BCUT2D eigenvalue weighted by Crippen LogP contribution is 2.47. The normalized spacial score (nSPS) is 18.9. The first kappa shape index (κ1) is 27.1. The van der Waals surface area contributed by atoms with Gasteiger partial charge in [0.2, 0.25) is 17.7 Å². The first-order chi connectivity index (χ1) is 19.6. The van der Waals surface area contributed by atoms with Gasteiger partial charge in [0.15, 0.2) is 0 Å². The second-order valence-corrected chi connectivity index (χ2v) is 12.5. The van der Waals surface area contributed by atoms with Crippen LogP contribution in [0.5, 0.6) is 0 Å². The number of nitrogens with one attached hydrogen (secondary N) is 3. The number of fused-ring (bicyclic) bond motifs is 4. The Bertz CT molecular complexity index is 1540. The van der Waals surface area contributed by atoms with Gasteiger partial charge in [-0.15, -0.1) is 0 Å². The molecule has 0 fully saturated rings. The van der Waals surface area contributed by atoms with Crippen LogP contribution in [-0.4, -0.2) is 40.7 Å². The fourth-order valence-electron chi connectivity index (χ4n) is 6.47. The zero-order valence-electron chi connectivity index (χ0n) is 24.0. The Morgan fingerprint density at radius 3 is 2.71 bits per heavy atom. The highest BCUT2D eigenvalue weighted by Gasteiger charge is 2.51. The first-order valence-corrected chi connectivity index (χ1v) is 14.4. The number of carbonyl (C=O) groups excluding carboxylic acids is 3. The maximum Gasteiger partial charge on any atom is 0.237 e. The maximum absolute atomic E-state index is 13.4. The fourth-order valence-corrected chi connectivity index (χ4v) is 6.47. The number of aromatic nitrogens is 1. The largest absolute Gasteiger partial charge is 0.337 e. The molecule has 3 aromatic rings. The van der Waals surface area contributed by atoms with Crippen molar-refractivity contribution in [3.05, 3.63) is 88.1 Å². The lowest BCUT2D eigenvalue weighted by molar-refractivity contribution is -0.140. The van der Waals surface area contributed by atoms with Crippen molar-refractivity contribution in [1.29, 1.82) is 0 Å². The zero-order valence-corrected chi connectivity index (χ0v) is 24.0. The van der Waals surface area contributed by atoms with Gasteiger partial charge in [0.25, 0.3) is 0 Å². The standard InChI is InChI=1S/C33H37N5O3/c1-32(2,3)31(41)38(20-23-7-4-6-21-11-14-34-19-26(21)23)15-12-28(39)36-25-10-9-22-17-33(18-24(22)16-25)27-8-5-13-35-29(27)37-30(33)40/h4-10,13,16,34H,11-12,14-15,17-20H2,1-3H3,(H,36,39)(H,35,37,40). The molecule has 1 unspecified atom stereocenters. The van der Waals surface area contributed by atoms with Crippen LogP contribution in [0.25, 0.3) is 0 Å². The second-order valence-electron chi connectivity index (χ2n) is 12.5. The van der Waals surface area contributed by atoms with Gasteiger partial charge in [-0.25, -0.2) is 4.98 Å². The van der Waals surface area contributed by atoms with Crippen molar-refractivity contribution in [2.75, 3.05) is 23.7 Å². The Morgan fingerprint density at radius 1 is 1.05 bits per heavy atom. The van der Waals surface area contributed by atoms with E-state index in [0.29, 0.717) is 37.4 Å². The Kier molecular flexibility index (Phi) is 6.90. The molecule has 2 aromatic carbocycles. The molecule has 212 valence electrons. The molecule has 0 radical (unpaired) electrons. The summed E-state index contributed by atoms with van der Waals surface area (Å²) in [6.45, 7) is 8.32. The molecular formula is C33H37N5O3. The van der Waals surface area contributed by atoms with E-state index in [1.165, 1.54) is 11.1 Å². The minimum absolute atomic E-state index is 0.0212. The molecule has 1 aromatic heterocycles. The van der Waals surface area contributed by atoms with Crippen molar-refractivity contribution in [3.8, 4) is 0 Å². The summed E-state index contributed by atoms with van der Waals surface area (Å²) in [5, 5.41) is 9.41. The number of nitrogens with zero attached hydrogens (tertiary/aromatic N) is 2. The Labute approximate surface area is 240 Å². The van der Waals surface area contributed by atoms with Crippen LogP contribution in [0.3, 0.4) is 0 Å². The highest BCUT2D eigenvalue weighted by molar-refractivity contribution is 6.06. The van der Waals surface area contributed by atoms with Gasteiger partial charge in [0.1, 0.15) is 5.82 Å². The summed E-state index contributed by atoms with van der Waals surface area (Å²) in [6, 6.07) is 16.0. The number of carbonyl (C=O) groups is 3. The highest BCUT2D eigenvalue weighted by atomic mass is 16.2. The van der Waals surface area contributed by atoms with Crippen LogP contribution in [-0.2, 0) is 52.2 Å². The van der Waals surface area contributed by atoms with Crippen LogP contribution in [0.15, 0.2) is 54.7 Å². The average molecular weight is 552 g/mol. The molecule has 1 atom stereocenters. The van der Waals surface area contributed by atoms with E-state index in [4.69, 9.17) is 0 Å². The molecule has 0 bridgehead atoms. The molecule has 41 heavy (non-hydrogen) atoms. The molecule has 3 heterocycles. The summed E-state index contributed by atoms with van der Waals surface area (Å²) in [4.78, 5) is 45.7. The van der Waals surface area contributed by atoms with Gasteiger partial charge in [-0.2, -0.15) is 0 Å². The molecule has 3 N–H and O–H groups in total. The Hall–Kier alpha value is -4.04. The SMILES string of the molecule is CC(C)(C)C(=O)N(CCC(=O)Nc1ccc2c(c1)CC1(C2)C(=O)Nc2ncccc21)Cc1cccc2c1CNCC2. The molecule has 3 amide bonds. The molecule has 2 aliphatic heterocycles. The van der Waals surface area contributed by atoms with Crippen LogP contribution >= 0.6 is 0 Å². The zero-order chi connectivity index (χ0) is 28.8. The van der Waals surface area contributed by atoms with Crippen LogP contribution in [0.1, 0.15) is 60.6 Å². The number of pyridine rings is 1. The van der Waals surface area contributed by atoms with Crippen LogP contribution in [0, 0.1) is 5.41 Å². The predicted molar refractivity (Wildman–Crippen MR) is 158 cm³/mol. The third-order valence-corrected chi connectivity index (χ3v) is 8.61. The van der Waals surface area contributed by atoms with Crippen LogP contribution in [0.4, 0.5) is 11.5 Å². The number of hydrogen-bond donors (Lipinski definition) is 3. The van der Waals surface area contributed by atoms with Crippen LogP contribution < -0.4 is 16.0 Å². The molecule has 8 nitrogen and oxygen atoms in total. The van der Waals surface area contributed by atoms with E-state index in [1.54, 1.807) is 6.20 Å².